The summed E-state index contributed by atoms with van der Waals surface area (Å²) in [5.74, 6) is 1.35. The SMILES string of the molecule is COc1ccc(CO[C@H]2C[C@@H]3C(=O)OC[C@@H]4CCCC[C@@H]4CO[C@@H]3C=C2C)cc1. The van der Waals surface area contributed by atoms with Crippen LogP contribution in [0.5, 0.6) is 5.75 Å². The molecule has 158 valence electrons. The molecule has 0 unspecified atom stereocenters. The minimum absolute atomic E-state index is 0.0995. The second-order valence-electron chi connectivity index (χ2n) is 8.63. The van der Waals surface area contributed by atoms with Crippen LogP contribution in [0.2, 0.25) is 0 Å². The van der Waals surface area contributed by atoms with E-state index < -0.39 is 0 Å². The highest BCUT2D eigenvalue weighted by Crippen LogP contribution is 2.36. The summed E-state index contributed by atoms with van der Waals surface area (Å²) in [6.45, 7) is 3.83. The van der Waals surface area contributed by atoms with Crippen molar-refractivity contribution in [2.24, 2.45) is 17.8 Å². The van der Waals surface area contributed by atoms with Gasteiger partial charge in [-0.3, -0.25) is 4.79 Å². The fourth-order valence-electron chi connectivity index (χ4n) is 4.80. The zero-order chi connectivity index (χ0) is 20.2. The van der Waals surface area contributed by atoms with Crippen molar-refractivity contribution >= 4 is 5.97 Å². The summed E-state index contributed by atoms with van der Waals surface area (Å²) in [6, 6.07) is 7.87. The van der Waals surface area contributed by atoms with Crippen molar-refractivity contribution in [1.29, 1.82) is 0 Å². The Morgan fingerprint density at radius 1 is 1.07 bits per heavy atom. The molecule has 0 amide bonds. The Bertz CT molecular complexity index is 725. The Kier molecular flexibility index (Phi) is 6.56. The first-order chi connectivity index (χ1) is 14.1. The van der Waals surface area contributed by atoms with Crippen molar-refractivity contribution in [3.05, 3.63) is 41.5 Å². The normalized spacial score (nSPS) is 32.6. The molecule has 1 heterocycles. The van der Waals surface area contributed by atoms with Crippen LogP contribution >= 0.6 is 0 Å². The number of ether oxygens (including phenoxy) is 4. The summed E-state index contributed by atoms with van der Waals surface area (Å²) in [7, 11) is 1.66. The standard InChI is InChI=1S/C24H32O5/c1-16-11-23-21(12-22(16)27-13-17-7-9-20(26-2)10-8-17)24(25)29-15-19-6-4-3-5-18(19)14-28-23/h7-11,18-19,21-23H,3-6,12-15H2,1-2H3/t18-,19+,21+,22+,23-/m1/s1. The summed E-state index contributed by atoms with van der Waals surface area (Å²) in [4.78, 5) is 12.8. The van der Waals surface area contributed by atoms with Crippen LogP contribution < -0.4 is 4.74 Å². The molecule has 2 fully saturated rings. The molecule has 0 aromatic heterocycles. The summed E-state index contributed by atoms with van der Waals surface area (Å²) in [5, 5.41) is 0. The first-order valence-electron chi connectivity index (χ1n) is 10.8. The van der Waals surface area contributed by atoms with Gasteiger partial charge in [0.1, 0.15) is 5.75 Å². The van der Waals surface area contributed by atoms with Crippen LogP contribution in [-0.4, -0.2) is 38.5 Å². The van der Waals surface area contributed by atoms with Crippen LogP contribution in [0.3, 0.4) is 0 Å². The minimum Gasteiger partial charge on any atom is -0.497 e. The molecular weight excluding hydrogens is 368 g/mol. The lowest BCUT2D eigenvalue weighted by Gasteiger charge is -2.33. The summed E-state index contributed by atoms with van der Waals surface area (Å²) < 4.78 is 23.4. The number of fused-ring (bicyclic) bond motifs is 2. The molecule has 3 aliphatic rings. The van der Waals surface area contributed by atoms with Gasteiger partial charge in [-0.1, -0.05) is 31.1 Å². The molecule has 0 N–H and O–H groups in total. The summed E-state index contributed by atoms with van der Waals surface area (Å²) in [6.07, 6.45) is 7.18. The highest BCUT2D eigenvalue weighted by molar-refractivity contribution is 5.74. The van der Waals surface area contributed by atoms with Crippen LogP contribution in [0.25, 0.3) is 0 Å². The van der Waals surface area contributed by atoms with Gasteiger partial charge in [0.05, 0.1) is 45.1 Å². The maximum atomic E-state index is 12.8. The van der Waals surface area contributed by atoms with Crippen molar-refractivity contribution in [3.63, 3.8) is 0 Å². The van der Waals surface area contributed by atoms with Gasteiger partial charge in [0.2, 0.25) is 0 Å². The smallest absolute Gasteiger partial charge is 0.312 e. The number of esters is 1. The second-order valence-corrected chi connectivity index (χ2v) is 8.63. The van der Waals surface area contributed by atoms with Gasteiger partial charge in [0, 0.05) is 0 Å². The highest BCUT2D eigenvalue weighted by atomic mass is 16.5. The number of cyclic esters (lactones) is 1. The van der Waals surface area contributed by atoms with Gasteiger partial charge in [-0.15, -0.1) is 0 Å². The quantitative estimate of drug-likeness (QED) is 0.557. The maximum absolute atomic E-state index is 12.8. The number of hydrogen-bond acceptors (Lipinski definition) is 5. The number of hydrogen-bond donors (Lipinski definition) is 0. The number of carbonyl (C=O) groups is 1. The van der Waals surface area contributed by atoms with E-state index in [1.165, 1.54) is 19.3 Å². The largest absolute Gasteiger partial charge is 0.497 e. The monoisotopic (exact) mass is 400 g/mol. The zero-order valence-electron chi connectivity index (χ0n) is 17.5. The molecule has 2 aliphatic carbocycles. The Morgan fingerprint density at radius 2 is 1.79 bits per heavy atom. The summed E-state index contributed by atoms with van der Waals surface area (Å²) >= 11 is 0. The third-order valence-corrected chi connectivity index (χ3v) is 6.72. The molecule has 5 atom stereocenters. The first-order valence-corrected chi connectivity index (χ1v) is 10.8. The van der Waals surface area contributed by atoms with E-state index in [-0.39, 0.29) is 24.1 Å². The molecule has 1 aliphatic heterocycles. The molecule has 0 radical (unpaired) electrons. The molecule has 29 heavy (non-hydrogen) atoms. The van der Waals surface area contributed by atoms with Crippen LogP contribution in [0.4, 0.5) is 0 Å². The Morgan fingerprint density at radius 3 is 2.52 bits per heavy atom. The summed E-state index contributed by atoms with van der Waals surface area (Å²) in [5.41, 5.74) is 2.21. The maximum Gasteiger partial charge on any atom is 0.312 e. The van der Waals surface area contributed by atoms with E-state index in [0.29, 0.717) is 31.5 Å². The molecule has 0 bridgehead atoms. The topological polar surface area (TPSA) is 54.0 Å². The van der Waals surface area contributed by atoms with Gasteiger partial charge >= 0.3 is 5.97 Å². The third kappa shape index (κ3) is 4.84. The average molecular weight is 401 g/mol. The molecule has 1 aromatic carbocycles. The Balaban J connectivity index is 1.42. The van der Waals surface area contributed by atoms with Crippen LogP contribution in [0.15, 0.2) is 35.9 Å². The van der Waals surface area contributed by atoms with E-state index in [4.69, 9.17) is 18.9 Å². The fraction of sp³-hybridized carbons (Fsp3) is 0.625. The van der Waals surface area contributed by atoms with E-state index in [0.717, 1.165) is 29.9 Å². The average Bonchev–Trinajstić information content (AvgIpc) is 2.81. The van der Waals surface area contributed by atoms with E-state index in [1.807, 2.05) is 24.3 Å². The molecule has 5 heteroatoms. The van der Waals surface area contributed by atoms with Crippen molar-refractivity contribution in [2.45, 2.75) is 57.8 Å². The van der Waals surface area contributed by atoms with Gasteiger partial charge in [-0.25, -0.2) is 0 Å². The van der Waals surface area contributed by atoms with Crippen molar-refractivity contribution < 1.29 is 23.7 Å². The van der Waals surface area contributed by atoms with E-state index >= 15 is 0 Å². The first kappa shape index (κ1) is 20.4. The lowest BCUT2D eigenvalue weighted by atomic mass is 9.80. The highest BCUT2D eigenvalue weighted by Gasteiger charge is 2.39. The van der Waals surface area contributed by atoms with Gasteiger partial charge in [-0.05, 0) is 61.3 Å². The predicted molar refractivity (Wildman–Crippen MR) is 110 cm³/mol. The van der Waals surface area contributed by atoms with Crippen molar-refractivity contribution in [3.8, 4) is 5.75 Å². The zero-order valence-corrected chi connectivity index (χ0v) is 17.5. The van der Waals surface area contributed by atoms with Crippen LogP contribution in [0, 0.1) is 17.8 Å². The number of carbonyl (C=O) groups excluding carboxylic acids is 1. The number of rotatable bonds is 4. The predicted octanol–water partition coefficient (Wildman–Crippen LogP) is 4.30. The molecule has 1 saturated heterocycles. The van der Waals surface area contributed by atoms with E-state index in [1.54, 1.807) is 7.11 Å². The van der Waals surface area contributed by atoms with E-state index in [2.05, 4.69) is 13.0 Å². The third-order valence-electron chi connectivity index (χ3n) is 6.72. The van der Waals surface area contributed by atoms with Gasteiger partial charge in [0.25, 0.3) is 0 Å². The lowest BCUT2D eigenvalue weighted by molar-refractivity contribution is -0.155. The Hall–Kier alpha value is -1.85. The van der Waals surface area contributed by atoms with Crippen LogP contribution in [0.1, 0.15) is 44.6 Å². The lowest BCUT2D eigenvalue weighted by Crippen LogP contribution is -2.38. The minimum atomic E-state index is -0.292. The molecule has 5 nitrogen and oxygen atoms in total. The van der Waals surface area contributed by atoms with Gasteiger partial charge < -0.3 is 18.9 Å². The molecular formula is C24H32O5. The Labute approximate surface area is 173 Å². The number of benzene rings is 1. The molecule has 0 spiro atoms. The van der Waals surface area contributed by atoms with Crippen LogP contribution in [-0.2, 0) is 25.6 Å². The van der Waals surface area contributed by atoms with Crippen molar-refractivity contribution in [1.82, 2.24) is 0 Å². The fourth-order valence-corrected chi connectivity index (χ4v) is 4.80. The van der Waals surface area contributed by atoms with E-state index in [9.17, 15) is 4.79 Å². The second kappa shape index (κ2) is 9.31. The van der Waals surface area contributed by atoms with Crippen molar-refractivity contribution in [2.75, 3.05) is 20.3 Å². The molecule has 1 saturated carbocycles. The van der Waals surface area contributed by atoms with Gasteiger partial charge in [-0.2, -0.15) is 0 Å². The molecule has 4 rings (SSSR count). The van der Waals surface area contributed by atoms with Gasteiger partial charge in [0.15, 0.2) is 0 Å². The molecule has 1 aromatic rings. The number of methoxy groups -OCH3 is 1.